The Kier molecular flexibility index (Phi) is 6.08. The van der Waals surface area contributed by atoms with Gasteiger partial charge in [0.15, 0.2) is 0 Å². The molecular formula is C25H34O2. The summed E-state index contributed by atoms with van der Waals surface area (Å²) in [6.07, 6.45) is 2.21. The zero-order valence-corrected chi connectivity index (χ0v) is 17.8. The summed E-state index contributed by atoms with van der Waals surface area (Å²) >= 11 is 0. The van der Waals surface area contributed by atoms with Gasteiger partial charge in [-0.2, -0.15) is 0 Å². The Balaban J connectivity index is 2.19. The normalized spacial score (nSPS) is 14.7. The monoisotopic (exact) mass is 366 g/mol. The number of hydrogen-bond donors (Lipinski definition) is 0. The predicted octanol–water partition coefficient (Wildman–Crippen LogP) is 5.64. The van der Waals surface area contributed by atoms with Gasteiger partial charge >= 0.3 is 0 Å². The van der Waals surface area contributed by atoms with Gasteiger partial charge in [-0.1, -0.05) is 64.1 Å². The van der Waals surface area contributed by atoms with Crippen molar-refractivity contribution in [2.75, 3.05) is 27.4 Å². The third-order valence-corrected chi connectivity index (χ3v) is 5.56. The molecular weight excluding hydrogens is 332 g/mol. The van der Waals surface area contributed by atoms with Crippen LogP contribution >= 0.6 is 0 Å². The average molecular weight is 367 g/mol. The maximum Gasteiger partial charge on any atom is 0.0681 e. The largest absolute Gasteiger partial charge is 0.383 e. The molecule has 0 spiro atoms. The molecule has 0 saturated heterocycles. The number of benzene rings is 2. The molecule has 0 saturated carbocycles. The standard InChI is InChI=1S/C25H34O2/c1-17(2)11-19-7-9-23-21(13-19)22-14-20(12-18(3)4)8-10-24(22)25(23,15-26-5)16-27-6/h7-10,13-14,17-18H,11-12,15-16H2,1-6H3. The minimum absolute atomic E-state index is 0.221. The number of fused-ring (bicyclic) bond motifs is 3. The van der Waals surface area contributed by atoms with E-state index in [1.165, 1.54) is 33.4 Å². The van der Waals surface area contributed by atoms with Crippen LogP contribution in [0.1, 0.15) is 49.9 Å². The SMILES string of the molecule is COCC1(COC)c2ccc(CC(C)C)cc2-c2cc(CC(C)C)ccc21. The maximum atomic E-state index is 5.70. The molecule has 0 aromatic heterocycles. The molecule has 1 aliphatic carbocycles. The van der Waals surface area contributed by atoms with E-state index in [2.05, 4.69) is 64.1 Å². The lowest BCUT2D eigenvalue weighted by atomic mass is 9.79. The lowest BCUT2D eigenvalue weighted by molar-refractivity contribution is 0.0814. The quantitative estimate of drug-likeness (QED) is 0.601. The first-order valence-electron chi connectivity index (χ1n) is 10.2. The molecule has 3 rings (SSSR count). The molecule has 0 bridgehead atoms. The van der Waals surface area contributed by atoms with E-state index >= 15 is 0 Å². The van der Waals surface area contributed by atoms with Crippen LogP contribution in [0.25, 0.3) is 11.1 Å². The Morgan fingerprint density at radius 2 is 1.11 bits per heavy atom. The van der Waals surface area contributed by atoms with E-state index in [-0.39, 0.29) is 5.41 Å². The van der Waals surface area contributed by atoms with Gasteiger partial charge in [0.05, 0.1) is 18.6 Å². The van der Waals surface area contributed by atoms with Gasteiger partial charge in [0.1, 0.15) is 0 Å². The minimum atomic E-state index is -0.221. The Labute approximate surface area is 164 Å². The number of methoxy groups -OCH3 is 2. The first kappa shape index (κ1) is 20.1. The Morgan fingerprint density at radius 1 is 0.704 bits per heavy atom. The molecule has 2 aromatic carbocycles. The number of hydrogen-bond acceptors (Lipinski definition) is 2. The van der Waals surface area contributed by atoms with E-state index in [9.17, 15) is 0 Å². The Hall–Kier alpha value is -1.64. The van der Waals surface area contributed by atoms with Crippen LogP contribution in [0.5, 0.6) is 0 Å². The fraction of sp³-hybridized carbons (Fsp3) is 0.520. The van der Waals surface area contributed by atoms with E-state index < -0.39 is 0 Å². The second kappa shape index (κ2) is 8.16. The number of rotatable bonds is 8. The summed E-state index contributed by atoms with van der Waals surface area (Å²) in [4.78, 5) is 0. The van der Waals surface area contributed by atoms with Crippen LogP contribution in [-0.4, -0.2) is 27.4 Å². The molecule has 0 aliphatic heterocycles. The van der Waals surface area contributed by atoms with Crippen molar-refractivity contribution in [3.8, 4) is 11.1 Å². The van der Waals surface area contributed by atoms with E-state index in [0.29, 0.717) is 25.0 Å². The second-order valence-electron chi connectivity index (χ2n) is 8.90. The topological polar surface area (TPSA) is 18.5 Å². The van der Waals surface area contributed by atoms with Gasteiger partial charge in [0, 0.05) is 14.2 Å². The molecule has 2 aromatic rings. The van der Waals surface area contributed by atoms with Gasteiger partial charge in [-0.05, 0) is 58.1 Å². The van der Waals surface area contributed by atoms with Gasteiger partial charge in [0.25, 0.3) is 0 Å². The van der Waals surface area contributed by atoms with Gasteiger partial charge in [0.2, 0.25) is 0 Å². The molecule has 0 unspecified atom stereocenters. The lowest BCUT2D eigenvalue weighted by Crippen LogP contribution is -2.35. The zero-order chi connectivity index (χ0) is 19.6. The zero-order valence-electron chi connectivity index (χ0n) is 17.8. The summed E-state index contributed by atoms with van der Waals surface area (Å²) in [5.41, 5.74) is 8.02. The predicted molar refractivity (Wildman–Crippen MR) is 113 cm³/mol. The molecule has 1 aliphatic rings. The van der Waals surface area contributed by atoms with Crippen molar-refractivity contribution in [3.05, 3.63) is 58.7 Å². The molecule has 0 heterocycles. The summed E-state index contributed by atoms with van der Waals surface area (Å²) in [5, 5.41) is 0. The van der Waals surface area contributed by atoms with Crippen LogP contribution in [0.2, 0.25) is 0 Å². The lowest BCUT2D eigenvalue weighted by Gasteiger charge is -2.30. The van der Waals surface area contributed by atoms with Gasteiger partial charge < -0.3 is 9.47 Å². The second-order valence-corrected chi connectivity index (χ2v) is 8.90. The van der Waals surface area contributed by atoms with Crippen LogP contribution in [0.15, 0.2) is 36.4 Å². The smallest absolute Gasteiger partial charge is 0.0681 e. The highest BCUT2D eigenvalue weighted by atomic mass is 16.5. The molecule has 2 heteroatoms. The summed E-state index contributed by atoms with van der Waals surface area (Å²) < 4.78 is 11.4. The van der Waals surface area contributed by atoms with Crippen molar-refractivity contribution >= 4 is 0 Å². The van der Waals surface area contributed by atoms with Gasteiger partial charge in [-0.3, -0.25) is 0 Å². The number of ether oxygens (including phenoxy) is 2. The van der Waals surface area contributed by atoms with Crippen molar-refractivity contribution in [3.63, 3.8) is 0 Å². The molecule has 0 N–H and O–H groups in total. The molecule has 0 amide bonds. The van der Waals surface area contributed by atoms with E-state index in [0.717, 1.165) is 12.8 Å². The minimum Gasteiger partial charge on any atom is -0.383 e. The maximum absolute atomic E-state index is 5.70. The summed E-state index contributed by atoms with van der Waals surface area (Å²) in [5.74, 6) is 1.30. The molecule has 0 atom stereocenters. The highest BCUT2D eigenvalue weighted by Crippen LogP contribution is 2.50. The van der Waals surface area contributed by atoms with Crippen LogP contribution in [0.4, 0.5) is 0 Å². The third-order valence-electron chi connectivity index (χ3n) is 5.56. The van der Waals surface area contributed by atoms with Crippen molar-refractivity contribution in [2.24, 2.45) is 11.8 Å². The fourth-order valence-corrected chi connectivity index (χ4v) is 4.65. The molecule has 0 radical (unpaired) electrons. The van der Waals surface area contributed by atoms with Gasteiger partial charge in [-0.25, -0.2) is 0 Å². The summed E-state index contributed by atoms with van der Waals surface area (Å²) in [7, 11) is 3.57. The Morgan fingerprint density at radius 3 is 1.44 bits per heavy atom. The Bertz CT molecular complexity index is 721. The fourth-order valence-electron chi connectivity index (χ4n) is 4.65. The molecule has 146 valence electrons. The first-order chi connectivity index (χ1) is 12.9. The summed E-state index contributed by atoms with van der Waals surface area (Å²) in [6.45, 7) is 10.4. The average Bonchev–Trinajstić information content (AvgIpc) is 2.84. The molecule has 2 nitrogen and oxygen atoms in total. The highest BCUT2D eigenvalue weighted by molar-refractivity contribution is 5.82. The van der Waals surface area contributed by atoms with Crippen LogP contribution < -0.4 is 0 Å². The highest BCUT2D eigenvalue weighted by Gasteiger charge is 2.43. The first-order valence-corrected chi connectivity index (χ1v) is 10.2. The van der Waals surface area contributed by atoms with Crippen LogP contribution in [0, 0.1) is 11.8 Å². The van der Waals surface area contributed by atoms with Crippen LogP contribution in [-0.2, 0) is 27.7 Å². The van der Waals surface area contributed by atoms with Crippen molar-refractivity contribution in [2.45, 2.75) is 46.0 Å². The van der Waals surface area contributed by atoms with Crippen molar-refractivity contribution < 1.29 is 9.47 Å². The van der Waals surface area contributed by atoms with E-state index in [4.69, 9.17) is 9.47 Å². The van der Waals surface area contributed by atoms with Gasteiger partial charge in [-0.15, -0.1) is 0 Å². The van der Waals surface area contributed by atoms with Crippen molar-refractivity contribution in [1.82, 2.24) is 0 Å². The molecule has 27 heavy (non-hydrogen) atoms. The summed E-state index contributed by atoms with van der Waals surface area (Å²) in [6, 6.07) is 14.0. The van der Waals surface area contributed by atoms with Crippen LogP contribution in [0.3, 0.4) is 0 Å². The molecule has 0 fully saturated rings. The van der Waals surface area contributed by atoms with E-state index in [1.807, 2.05) is 0 Å². The van der Waals surface area contributed by atoms with Crippen molar-refractivity contribution in [1.29, 1.82) is 0 Å². The third kappa shape index (κ3) is 3.83. The van der Waals surface area contributed by atoms with E-state index in [1.54, 1.807) is 14.2 Å².